The Bertz CT molecular complexity index is 1560. The van der Waals surface area contributed by atoms with Gasteiger partial charge >= 0.3 is 0 Å². The number of benzene rings is 3. The first-order valence-electron chi connectivity index (χ1n) is 11.6. The molecule has 0 bridgehead atoms. The first kappa shape index (κ1) is 23.8. The molecule has 182 valence electrons. The van der Waals surface area contributed by atoms with Gasteiger partial charge in [-0.15, -0.1) is 11.3 Å². The summed E-state index contributed by atoms with van der Waals surface area (Å²) in [7, 11) is 5.63. The number of hydrogen-bond acceptors (Lipinski definition) is 6. The van der Waals surface area contributed by atoms with Gasteiger partial charge in [-0.3, -0.25) is 9.78 Å². The molecule has 6 nitrogen and oxygen atoms in total. The largest absolute Gasteiger partial charge is 0.355 e. The third-order valence-electron chi connectivity index (χ3n) is 6.11. The molecule has 0 fully saturated rings. The summed E-state index contributed by atoms with van der Waals surface area (Å²) in [5.41, 5.74) is 6.83. The number of nitrogens with one attached hydrogen (secondary N) is 1. The minimum absolute atomic E-state index is 0.200. The number of likely N-dealkylation sites (N-methyl/N-ethyl adjacent to an activating group) is 2. The van der Waals surface area contributed by atoms with Crippen LogP contribution in [0.15, 0.2) is 72.4 Å². The van der Waals surface area contributed by atoms with Crippen LogP contribution < -0.4 is 5.32 Å². The van der Waals surface area contributed by atoms with Gasteiger partial charge in [-0.25, -0.2) is 9.37 Å². The molecule has 0 saturated carbocycles. The lowest BCUT2D eigenvalue weighted by atomic mass is 10.00. The summed E-state index contributed by atoms with van der Waals surface area (Å²) in [5.74, 6) is -0.637. The number of rotatable bonds is 7. The van der Waals surface area contributed by atoms with E-state index in [0.29, 0.717) is 23.2 Å². The highest BCUT2D eigenvalue weighted by Gasteiger charge is 2.16. The molecule has 2 heterocycles. The third kappa shape index (κ3) is 4.91. The van der Waals surface area contributed by atoms with Crippen LogP contribution in [-0.4, -0.2) is 59.9 Å². The molecule has 2 aromatic heterocycles. The van der Waals surface area contributed by atoms with Gasteiger partial charge in [-0.05, 0) is 68.2 Å². The van der Waals surface area contributed by atoms with E-state index in [1.54, 1.807) is 41.6 Å². The normalized spacial score (nSPS) is 11.4. The topological polar surface area (TPSA) is 61.4 Å². The Morgan fingerprint density at radius 3 is 2.61 bits per heavy atom. The van der Waals surface area contributed by atoms with E-state index in [9.17, 15) is 4.79 Å². The molecule has 0 radical (unpaired) electrons. The Kier molecular flexibility index (Phi) is 6.63. The summed E-state index contributed by atoms with van der Waals surface area (Å²) in [5, 5.41) is 4.33. The number of pyridine rings is 1. The fourth-order valence-corrected chi connectivity index (χ4v) is 4.73. The highest BCUT2D eigenvalue weighted by molar-refractivity contribution is 7.16. The maximum atomic E-state index is 15.2. The van der Waals surface area contributed by atoms with E-state index in [4.69, 9.17) is 0 Å². The van der Waals surface area contributed by atoms with Crippen molar-refractivity contribution in [2.75, 3.05) is 39.5 Å². The zero-order valence-corrected chi connectivity index (χ0v) is 21.1. The van der Waals surface area contributed by atoms with Crippen molar-refractivity contribution in [3.63, 3.8) is 0 Å². The number of aromatic nitrogens is 2. The summed E-state index contributed by atoms with van der Waals surface area (Å²) in [6, 6.07) is 18.3. The molecule has 36 heavy (non-hydrogen) atoms. The molecule has 0 aliphatic heterocycles. The molecule has 8 heteroatoms. The molecule has 0 aliphatic carbocycles. The number of thiazole rings is 1. The summed E-state index contributed by atoms with van der Waals surface area (Å²) in [6.07, 6.45) is 1.75. The molecule has 0 saturated heterocycles. The fraction of sp³-hybridized carbons (Fsp3) is 0.179. The summed E-state index contributed by atoms with van der Waals surface area (Å²) in [6.45, 7) is 1.31. The Balaban J connectivity index is 1.44. The van der Waals surface area contributed by atoms with E-state index >= 15 is 4.39 Å². The number of amides is 1. The van der Waals surface area contributed by atoms with Gasteiger partial charge in [0.2, 0.25) is 0 Å². The van der Waals surface area contributed by atoms with E-state index in [1.165, 1.54) is 6.07 Å². The molecule has 5 rings (SSSR count). The summed E-state index contributed by atoms with van der Waals surface area (Å²) in [4.78, 5) is 25.2. The van der Waals surface area contributed by atoms with Gasteiger partial charge in [-0.2, -0.15) is 0 Å². The van der Waals surface area contributed by atoms with Crippen LogP contribution in [-0.2, 0) is 0 Å². The van der Waals surface area contributed by atoms with Crippen LogP contribution in [0, 0.1) is 5.82 Å². The summed E-state index contributed by atoms with van der Waals surface area (Å²) < 4.78 is 16.4. The minimum atomic E-state index is -0.436. The van der Waals surface area contributed by atoms with Crippen molar-refractivity contribution in [1.82, 2.24) is 19.8 Å². The van der Waals surface area contributed by atoms with Crippen LogP contribution in [0.5, 0.6) is 0 Å². The zero-order chi connectivity index (χ0) is 25.2. The lowest BCUT2D eigenvalue weighted by molar-refractivity contribution is 0.0786. The average molecular weight is 500 g/mol. The van der Waals surface area contributed by atoms with Crippen LogP contribution >= 0.6 is 11.3 Å². The number of nitrogens with zero attached hydrogens (tertiary/aromatic N) is 4. The van der Waals surface area contributed by atoms with Crippen molar-refractivity contribution in [3.8, 4) is 11.1 Å². The standard InChI is InChI=1S/C28H26FN5OS/c1-33(2)12-13-34(3)28(35)19-4-7-21(23(29)15-19)18-5-8-24-22(14-18)25(10-11-30-24)32-20-6-9-27-26(16-20)31-17-36-27/h4-11,14-17H,12-13H2,1-3H3,(H,30,32). The number of hydrogen-bond donors (Lipinski definition) is 1. The number of carbonyl (C=O) groups excluding carboxylic acids is 1. The first-order valence-corrected chi connectivity index (χ1v) is 12.5. The molecular weight excluding hydrogens is 473 g/mol. The Morgan fingerprint density at radius 2 is 1.81 bits per heavy atom. The SMILES string of the molecule is CN(C)CCN(C)C(=O)c1ccc(-c2ccc3nccc(Nc4ccc5scnc5c4)c3c2)c(F)c1. The van der Waals surface area contributed by atoms with Crippen molar-refractivity contribution < 1.29 is 9.18 Å². The maximum Gasteiger partial charge on any atom is 0.253 e. The van der Waals surface area contributed by atoms with Crippen LogP contribution in [0.3, 0.4) is 0 Å². The van der Waals surface area contributed by atoms with Crippen LogP contribution in [0.4, 0.5) is 15.8 Å². The van der Waals surface area contributed by atoms with Crippen LogP contribution in [0.1, 0.15) is 10.4 Å². The molecule has 3 aromatic carbocycles. The molecule has 0 unspecified atom stereocenters. The molecule has 0 atom stereocenters. The smallest absolute Gasteiger partial charge is 0.253 e. The number of anilines is 2. The lowest BCUT2D eigenvalue weighted by Gasteiger charge is -2.20. The summed E-state index contributed by atoms with van der Waals surface area (Å²) >= 11 is 1.60. The molecule has 0 aliphatic rings. The van der Waals surface area contributed by atoms with E-state index in [2.05, 4.69) is 15.3 Å². The Hall–Kier alpha value is -3.88. The predicted octanol–water partition coefficient (Wildman–Crippen LogP) is 6.03. The van der Waals surface area contributed by atoms with Gasteiger partial charge in [0.1, 0.15) is 5.82 Å². The third-order valence-corrected chi connectivity index (χ3v) is 6.92. The second-order valence-electron chi connectivity index (χ2n) is 8.97. The van der Waals surface area contributed by atoms with Crippen molar-refractivity contribution >= 4 is 49.7 Å². The highest BCUT2D eigenvalue weighted by Crippen LogP contribution is 2.32. The Morgan fingerprint density at radius 1 is 0.944 bits per heavy atom. The molecule has 1 N–H and O–H groups in total. The number of halogens is 1. The van der Waals surface area contributed by atoms with Gasteiger partial charge < -0.3 is 15.1 Å². The number of carbonyl (C=O) groups is 1. The average Bonchev–Trinajstić information content (AvgIpc) is 3.35. The highest BCUT2D eigenvalue weighted by atomic mass is 32.1. The predicted molar refractivity (Wildman–Crippen MR) is 146 cm³/mol. The van der Waals surface area contributed by atoms with Crippen molar-refractivity contribution in [2.45, 2.75) is 0 Å². The van der Waals surface area contributed by atoms with Crippen molar-refractivity contribution in [1.29, 1.82) is 0 Å². The van der Waals surface area contributed by atoms with Gasteiger partial charge in [-0.1, -0.05) is 12.1 Å². The molecule has 0 spiro atoms. The van der Waals surface area contributed by atoms with E-state index in [-0.39, 0.29) is 5.91 Å². The van der Waals surface area contributed by atoms with E-state index < -0.39 is 5.82 Å². The zero-order valence-electron chi connectivity index (χ0n) is 20.3. The van der Waals surface area contributed by atoms with Crippen molar-refractivity contribution in [3.05, 3.63) is 83.8 Å². The van der Waals surface area contributed by atoms with Gasteiger partial charge in [0.05, 0.1) is 21.2 Å². The van der Waals surface area contributed by atoms with Gasteiger partial charge in [0.25, 0.3) is 5.91 Å². The second kappa shape index (κ2) is 10.0. The second-order valence-corrected chi connectivity index (χ2v) is 9.86. The molecular formula is C28H26FN5OS. The fourth-order valence-electron chi connectivity index (χ4n) is 4.07. The van der Waals surface area contributed by atoms with Crippen LogP contribution in [0.2, 0.25) is 0 Å². The van der Waals surface area contributed by atoms with Gasteiger partial charge in [0.15, 0.2) is 0 Å². The maximum absolute atomic E-state index is 15.2. The minimum Gasteiger partial charge on any atom is -0.355 e. The first-order chi connectivity index (χ1) is 17.4. The molecule has 1 amide bonds. The van der Waals surface area contributed by atoms with Crippen molar-refractivity contribution in [2.24, 2.45) is 0 Å². The molecule has 5 aromatic rings. The number of fused-ring (bicyclic) bond motifs is 2. The lowest BCUT2D eigenvalue weighted by Crippen LogP contribution is -2.33. The van der Waals surface area contributed by atoms with Gasteiger partial charge in [0, 0.05) is 54.2 Å². The van der Waals surface area contributed by atoms with Crippen LogP contribution in [0.25, 0.3) is 32.2 Å². The van der Waals surface area contributed by atoms with E-state index in [1.807, 2.05) is 67.0 Å². The Labute approximate surface area is 213 Å². The van der Waals surface area contributed by atoms with E-state index in [0.717, 1.165) is 39.0 Å². The quantitative estimate of drug-likeness (QED) is 0.296. The monoisotopic (exact) mass is 499 g/mol.